The first-order valence-corrected chi connectivity index (χ1v) is 10.7. The lowest BCUT2D eigenvalue weighted by atomic mass is 9.79. The van der Waals surface area contributed by atoms with Gasteiger partial charge in [0.15, 0.2) is 5.65 Å². The number of hydrogen-bond donors (Lipinski definition) is 2. The number of hydrogen-bond acceptors (Lipinski definition) is 5. The zero-order valence-corrected chi connectivity index (χ0v) is 18.3. The Hall–Kier alpha value is -3.52. The molecule has 7 nitrogen and oxygen atoms in total. The molecule has 0 atom stereocenters. The second kappa shape index (κ2) is 7.56. The largest absolute Gasteiger partial charge is 0.324 e. The molecular formula is C24H25FN6O. The van der Waals surface area contributed by atoms with Crippen molar-refractivity contribution in [2.24, 2.45) is 0 Å². The molecule has 0 spiro atoms. The highest BCUT2D eigenvalue weighted by atomic mass is 19.1. The van der Waals surface area contributed by atoms with Crippen LogP contribution in [0.15, 0.2) is 53.5 Å². The molecular weight excluding hydrogens is 407 g/mol. The Bertz CT molecular complexity index is 1370. The van der Waals surface area contributed by atoms with Crippen LogP contribution in [0.5, 0.6) is 0 Å². The van der Waals surface area contributed by atoms with E-state index in [4.69, 9.17) is 0 Å². The molecule has 2 aromatic carbocycles. The molecule has 1 aliphatic rings. The number of rotatable bonds is 4. The minimum atomic E-state index is -0.335. The van der Waals surface area contributed by atoms with Gasteiger partial charge in [-0.25, -0.2) is 18.7 Å². The van der Waals surface area contributed by atoms with E-state index < -0.39 is 0 Å². The summed E-state index contributed by atoms with van der Waals surface area (Å²) in [7, 11) is 0. The molecule has 0 saturated carbocycles. The highest BCUT2D eigenvalue weighted by molar-refractivity contribution is 5.77. The fraction of sp³-hybridized carbons (Fsp3) is 0.292. The predicted octanol–water partition coefficient (Wildman–Crippen LogP) is 3.87. The van der Waals surface area contributed by atoms with Crippen molar-refractivity contribution in [1.82, 2.24) is 24.6 Å². The highest BCUT2D eigenvalue weighted by Gasteiger charge is 2.27. The van der Waals surface area contributed by atoms with E-state index in [0.717, 1.165) is 18.8 Å². The van der Waals surface area contributed by atoms with Crippen molar-refractivity contribution in [2.75, 3.05) is 11.9 Å². The van der Waals surface area contributed by atoms with Crippen LogP contribution in [0.3, 0.4) is 0 Å². The van der Waals surface area contributed by atoms with Crippen LogP contribution in [0.25, 0.3) is 16.7 Å². The average molecular weight is 433 g/mol. The van der Waals surface area contributed by atoms with Crippen LogP contribution in [0.4, 0.5) is 16.0 Å². The quantitative estimate of drug-likeness (QED) is 0.512. The molecule has 2 N–H and O–H groups in total. The van der Waals surface area contributed by atoms with E-state index in [2.05, 4.69) is 46.6 Å². The SMILES string of the molecule is CCn1c(=O)c2cnc(Nc3ccc4c(c3)CNCC4(C)C)nc2n1-c1ccc(F)cc1. The van der Waals surface area contributed by atoms with Gasteiger partial charge in [-0.1, -0.05) is 19.9 Å². The van der Waals surface area contributed by atoms with E-state index in [-0.39, 0.29) is 16.8 Å². The van der Waals surface area contributed by atoms with Crippen LogP contribution in [-0.4, -0.2) is 25.9 Å². The zero-order chi connectivity index (χ0) is 22.5. The van der Waals surface area contributed by atoms with Crippen LogP contribution in [0.2, 0.25) is 0 Å². The fourth-order valence-electron chi connectivity index (χ4n) is 4.43. The van der Waals surface area contributed by atoms with Crippen LogP contribution >= 0.6 is 0 Å². The lowest BCUT2D eigenvalue weighted by molar-refractivity contribution is 0.435. The van der Waals surface area contributed by atoms with Gasteiger partial charge in [0.2, 0.25) is 5.95 Å². The van der Waals surface area contributed by atoms with Crippen LogP contribution in [-0.2, 0) is 18.5 Å². The first kappa shape index (κ1) is 20.4. The predicted molar refractivity (Wildman–Crippen MR) is 123 cm³/mol. The van der Waals surface area contributed by atoms with Crippen molar-refractivity contribution < 1.29 is 4.39 Å². The normalized spacial score (nSPS) is 15.0. The molecule has 0 saturated heterocycles. The third-order valence-corrected chi connectivity index (χ3v) is 6.02. The van der Waals surface area contributed by atoms with E-state index in [0.29, 0.717) is 29.2 Å². The standard InChI is InChI=1S/C24H25FN6O/c1-4-30-22(32)19-13-27-23(29-21(19)31(30)18-8-5-16(25)6-9-18)28-17-7-10-20-15(11-17)12-26-14-24(20,2)3/h5-11,13,26H,4,12,14H2,1-3H3,(H,27,28,29). The number of benzene rings is 2. The second-order valence-corrected chi connectivity index (χ2v) is 8.72. The summed E-state index contributed by atoms with van der Waals surface area (Å²) >= 11 is 0. The summed E-state index contributed by atoms with van der Waals surface area (Å²) in [5.74, 6) is 0.0576. The first-order valence-electron chi connectivity index (χ1n) is 10.7. The Morgan fingerprint density at radius 1 is 1.19 bits per heavy atom. The second-order valence-electron chi connectivity index (χ2n) is 8.72. The van der Waals surface area contributed by atoms with E-state index in [1.54, 1.807) is 27.7 Å². The number of anilines is 2. The molecule has 32 heavy (non-hydrogen) atoms. The topological polar surface area (TPSA) is 76.8 Å². The average Bonchev–Trinajstić information content (AvgIpc) is 3.05. The fourth-order valence-corrected chi connectivity index (χ4v) is 4.43. The maximum absolute atomic E-state index is 13.5. The molecule has 8 heteroatoms. The maximum atomic E-state index is 13.5. The van der Waals surface area contributed by atoms with E-state index in [1.807, 2.05) is 13.0 Å². The molecule has 0 fully saturated rings. The molecule has 0 radical (unpaired) electrons. The molecule has 0 amide bonds. The lowest BCUT2D eigenvalue weighted by Crippen LogP contribution is -2.38. The summed E-state index contributed by atoms with van der Waals surface area (Å²) in [6.45, 7) is 8.56. The smallest absolute Gasteiger partial charge is 0.278 e. The van der Waals surface area contributed by atoms with Gasteiger partial charge in [0.05, 0.1) is 5.69 Å². The minimum absolute atomic E-state index is 0.0792. The molecule has 5 rings (SSSR count). The number of halogens is 1. The van der Waals surface area contributed by atoms with Crippen molar-refractivity contribution in [2.45, 2.75) is 39.3 Å². The number of nitrogens with one attached hydrogen (secondary N) is 2. The van der Waals surface area contributed by atoms with Crippen molar-refractivity contribution in [3.63, 3.8) is 0 Å². The Balaban J connectivity index is 1.57. The molecule has 164 valence electrons. The Labute approximate surface area is 184 Å². The summed E-state index contributed by atoms with van der Waals surface area (Å²) in [5, 5.41) is 7.15. The van der Waals surface area contributed by atoms with Crippen LogP contribution < -0.4 is 16.2 Å². The van der Waals surface area contributed by atoms with Crippen LogP contribution in [0.1, 0.15) is 31.9 Å². The molecule has 0 bridgehead atoms. The van der Waals surface area contributed by atoms with Crippen LogP contribution in [0, 0.1) is 5.82 Å². The summed E-state index contributed by atoms with van der Waals surface area (Å²) in [4.78, 5) is 21.9. The minimum Gasteiger partial charge on any atom is -0.324 e. The van der Waals surface area contributed by atoms with E-state index >= 15 is 0 Å². The van der Waals surface area contributed by atoms with Gasteiger partial charge in [0.25, 0.3) is 5.56 Å². The molecule has 2 aromatic heterocycles. The van der Waals surface area contributed by atoms with Crippen molar-refractivity contribution in [1.29, 1.82) is 0 Å². The molecule has 4 aromatic rings. The van der Waals surface area contributed by atoms with Crippen molar-refractivity contribution in [3.8, 4) is 5.69 Å². The Morgan fingerprint density at radius 3 is 2.72 bits per heavy atom. The zero-order valence-electron chi connectivity index (χ0n) is 18.3. The van der Waals surface area contributed by atoms with E-state index in [9.17, 15) is 9.18 Å². The third kappa shape index (κ3) is 3.36. The molecule has 1 aliphatic heterocycles. The van der Waals surface area contributed by atoms with Gasteiger partial charge in [0.1, 0.15) is 11.2 Å². The van der Waals surface area contributed by atoms with Gasteiger partial charge in [-0.3, -0.25) is 4.79 Å². The van der Waals surface area contributed by atoms with Gasteiger partial charge >= 0.3 is 0 Å². The van der Waals surface area contributed by atoms with Gasteiger partial charge in [0, 0.05) is 36.9 Å². The van der Waals surface area contributed by atoms with Gasteiger partial charge in [-0.15, -0.1) is 0 Å². The molecule has 0 unspecified atom stereocenters. The molecule has 0 aliphatic carbocycles. The third-order valence-electron chi connectivity index (χ3n) is 6.02. The summed E-state index contributed by atoms with van der Waals surface area (Å²) < 4.78 is 16.7. The van der Waals surface area contributed by atoms with Crippen molar-refractivity contribution >= 4 is 22.7 Å². The first-order chi connectivity index (χ1) is 15.4. The Kier molecular flexibility index (Phi) is 4.82. The monoisotopic (exact) mass is 432 g/mol. The number of aromatic nitrogens is 4. The van der Waals surface area contributed by atoms with E-state index in [1.165, 1.54) is 23.3 Å². The lowest BCUT2D eigenvalue weighted by Gasteiger charge is -2.33. The summed E-state index contributed by atoms with van der Waals surface area (Å²) in [5.41, 5.74) is 4.49. The summed E-state index contributed by atoms with van der Waals surface area (Å²) in [6, 6.07) is 12.3. The number of nitrogens with zero attached hydrogens (tertiary/aromatic N) is 4. The van der Waals surface area contributed by atoms with Gasteiger partial charge in [-0.2, -0.15) is 4.98 Å². The van der Waals surface area contributed by atoms with Crippen molar-refractivity contribution in [3.05, 3.63) is 76.0 Å². The Morgan fingerprint density at radius 2 is 1.97 bits per heavy atom. The molecule has 3 heterocycles. The number of fused-ring (bicyclic) bond motifs is 2. The van der Waals surface area contributed by atoms with Gasteiger partial charge < -0.3 is 10.6 Å². The highest BCUT2D eigenvalue weighted by Crippen LogP contribution is 2.31. The maximum Gasteiger partial charge on any atom is 0.278 e. The summed E-state index contributed by atoms with van der Waals surface area (Å²) in [6.07, 6.45) is 1.54. The van der Waals surface area contributed by atoms with Gasteiger partial charge in [-0.05, 0) is 54.4 Å².